The van der Waals surface area contributed by atoms with Crippen LogP contribution >= 0.6 is 15.9 Å². The molecule has 5 nitrogen and oxygen atoms in total. The highest BCUT2D eigenvalue weighted by atomic mass is 79.9. The molecule has 1 heterocycles. The first-order valence-electron chi connectivity index (χ1n) is 7.76. The maximum Gasteiger partial charge on any atom is 0.241 e. The van der Waals surface area contributed by atoms with Crippen LogP contribution in [0.4, 0.5) is 0 Å². The zero-order valence-corrected chi connectivity index (χ0v) is 16.1. The standard InChI is InChI=1S/C18H18BrN3O2S/c1-14-7-8-17(19)11-18(14)25(23,24)21-12-15-5-2-3-6-16(15)13-22-10-4-9-20-22/h2-11,21H,12-13H2,1H3. The summed E-state index contributed by atoms with van der Waals surface area (Å²) in [6.07, 6.45) is 3.60. The Bertz CT molecular complexity index is 970. The van der Waals surface area contributed by atoms with E-state index in [9.17, 15) is 8.42 Å². The van der Waals surface area contributed by atoms with E-state index in [1.54, 1.807) is 25.3 Å². The molecule has 1 N–H and O–H groups in total. The second-order valence-corrected chi connectivity index (χ2v) is 8.36. The zero-order valence-electron chi connectivity index (χ0n) is 13.7. The lowest BCUT2D eigenvalue weighted by Gasteiger charge is -2.13. The Morgan fingerprint density at radius 3 is 2.60 bits per heavy atom. The number of benzene rings is 2. The fourth-order valence-electron chi connectivity index (χ4n) is 2.57. The van der Waals surface area contributed by atoms with Gasteiger partial charge in [0.25, 0.3) is 0 Å². The van der Waals surface area contributed by atoms with Gasteiger partial charge >= 0.3 is 0 Å². The summed E-state index contributed by atoms with van der Waals surface area (Å²) in [5.74, 6) is 0. The van der Waals surface area contributed by atoms with Crippen LogP contribution in [0.1, 0.15) is 16.7 Å². The van der Waals surface area contributed by atoms with Gasteiger partial charge in [0.15, 0.2) is 0 Å². The summed E-state index contributed by atoms with van der Waals surface area (Å²) in [4.78, 5) is 0.284. The van der Waals surface area contributed by atoms with E-state index in [0.717, 1.165) is 15.6 Å². The van der Waals surface area contributed by atoms with Crippen molar-refractivity contribution in [2.45, 2.75) is 24.9 Å². The summed E-state index contributed by atoms with van der Waals surface area (Å²) in [6, 6.07) is 14.8. The van der Waals surface area contributed by atoms with Crippen LogP contribution in [0.3, 0.4) is 0 Å². The Hall–Kier alpha value is -1.96. The molecular weight excluding hydrogens is 402 g/mol. The van der Waals surface area contributed by atoms with Crippen LogP contribution < -0.4 is 4.72 Å². The van der Waals surface area contributed by atoms with Crippen molar-refractivity contribution in [1.82, 2.24) is 14.5 Å². The second-order valence-electron chi connectivity index (χ2n) is 5.71. The van der Waals surface area contributed by atoms with Crippen LogP contribution in [0.2, 0.25) is 0 Å². The molecule has 0 spiro atoms. The predicted molar refractivity (Wildman–Crippen MR) is 101 cm³/mol. The van der Waals surface area contributed by atoms with Crippen LogP contribution in [0, 0.1) is 6.92 Å². The molecule has 0 atom stereocenters. The van der Waals surface area contributed by atoms with Crippen molar-refractivity contribution < 1.29 is 8.42 Å². The minimum atomic E-state index is -3.59. The van der Waals surface area contributed by atoms with Gasteiger partial charge in [0.1, 0.15) is 0 Å². The quantitative estimate of drug-likeness (QED) is 0.664. The topological polar surface area (TPSA) is 64.0 Å². The molecule has 0 saturated carbocycles. The number of rotatable bonds is 6. The van der Waals surface area contributed by atoms with E-state index >= 15 is 0 Å². The van der Waals surface area contributed by atoms with Crippen molar-refractivity contribution >= 4 is 26.0 Å². The van der Waals surface area contributed by atoms with Gasteiger partial charge in [-0.1, -0.05) is 46.3 Å². The fourth-order valence-corrected chi connectivity index (χ4v) is 4.35. The van der Waals surface area contributed by atoms with E-state index in [2.05, 4.69) is 25.8 Å². The maximum atomic E-state index is 12.7. The van der Waals surface area contributed by atoms with E-state index in [0.29, 0.717) is 12.1 Å². The van der Waals surface area contributed by atoms with Gasteiger partial charge in [-0.15, -0.1) is 0 Å². The molecule has 0 aliphatic rings. The van der Waals surface area contributed by atoms with Crippen LogP contribution in [0.25, 0.3) is 0 Å². The SMILES string of the molecule is Cc1ccc(Br)cc1S(=O)(=O)NCc1ccccc1Cn1cccn1. The Balaban J connectivity index is 1.80. The summed E-state index contributed by atoms with van der Waals surface area (Å²) in [6.45, 7) is 2.61. The molecule has 3 rings (SSSR count). The highest BCUT2D eigenvalue weighted by Crippen LogP contribution is 2.21. The van der Waals surface area contributed by atoms with E-state index in [1.807, 2.05) is 47.3 Å². The highest BCUT2D eigenvalue weighted by molar-refractivity contribution is 9.10. The van der Waals surface area contributed by atoms with Gasteiger partial charge in [-0.3, -0.25) is 4.68 Å². The molecule has 0 saturated heterocycles. The van der Waals surface area contributed by atoms with E-state index in [-0.39, 0.29) is 11.4 Å². The molecule has 130 valence electrons. The summed E-state index contributed by atoms with van der Waals surface area (Å²) >= 11 is 3.33. The summed E-state index contributed by atoms with van der Waals surface area (Å²) in [5.41, 5.74) is 2.66. The summed E-state index contributed by atoms with van der Waals surface area (Å²) in [5, 5.41) is 4.20. The molecule has 0 aliphatic carbocycles. The van der Waals surface area contributed by atoms with E-state index in [4.69, 9.17) is 0 Å². The molecule has 1 aromatic heterocycles. The van der Waals surface area contributed by atoms with Crippen LogP contribution in [0.5, 0.6) is 0 Å². The van der Waals surface area contributed by atoms with Gasteiger partial charge in [0.05, 0.1) is 11.4 Å². The predicted octanol–water partition coefficient (Wildman–Crippen LogP) is 3.48. The number of nitrogens with zero attached hydrogens (tertiary/aromatic N) is 2. The maximum absolute atomic E-state index is 12.7. The third-order valence-corrected chi connectivity index (χ3v) is 5.94. The normalized spacial score (nSPS) is 11.6. The largest absolute Gasteiger partial charge is 0.268 e. The molecule has 7 heteroatoms. The van der Waals surface area contributed by atoms with E-state index in [1.165, 1.54) is 0 Å². The highest BCUT2D eigenvalue weighted by Gasteiger charge is 2.17. The van der Waals surface area contributed by atoms with Crippen LogP contribution in [-0.2, 0) is 23.1 Å². The van der Waals surface area contributed by atoms with E-state index < -0.39 is 10.0 Å². The monoisotopic (exact) mass is 419 g/mol. The Morgan fingerprint density at radius 1 is 1.12 bits per heavy atom. The number of sulfonamides is 1. The van der Waals surface area contributed by atoms with Crippen LogP contribution in [0.15, 0.2) is 70.3 Å². The number of halogens is 1. The van der Waals surface area contributed by atoms with Gasteiger partial charge in [0, 0.05) is 23.4 Å². The summed E-state index contributed by atoms with van der Waals surface area (Å²) in [7, 11) is -3.59. The number of hydrogen-bond acceptors (Lipinski definition) is 3. The average molecular weight is 420 g/mol. The Kier molecular flexibility index (Phi) is 5.36. The third kappa shape index (κ3) is 4.36. The first-order valence-corrected chi connectivity index (χ1v) is 10.0. The van der Waals surface area contributed by atoms with Crippen molar-refractivity contribution in [2.24, 2.45) is 0 Å². The van der Waals surface area contributed by atoms with Crippen molar-refractivity contribution in [1.29, 1.82) is 0 Å². The lowest BCUT2D eigenvalue weighted by Crippen LogP contribution is -2.24. The first kappa shape index (κ1) is 17.8. The molecule has 25 heavy (non-hydrogen) atoms. The van der Waals surface area contributed by atoms with Gasteiger partial charge < -0.3 is 0 Å². The lowest BCUT2D eigenvalue weighted by molar-refractivity contribution is 0.580. The minimum absolute atomic E-state index is 0.228. The zero-order chi connectivity index (χ0) is 17.9. The number of nitrogens with one attached hydrogen (secondary N) is 1. The first-order chi connectivity index (χ1) is 12.0. The molecule has 0 unspecified atom stereocenters. The molecular formula is C18H18BrN3O2S. The Labute approximate surface area is 155 Å². The minimum Gasteiger partial charge on any atom is -0.268 e. The molecule has 0 bridgehead atoms. The molecule has 2 aromatic carbocycles. The van der Waals surface area contributed by atoms with Crippen molar-refractivity contribution in [3.8, 4) is 0 Å². The number of aromatic nitrogens is 2. The molecule has 0 radical (unpaired) electrons. The molecule has 0 amide bonds. The Morgan fingerprint density at radius 2 is 1.88 bits per heavy atom. The lowest BCUT2D eigenvalue weighted by atomic mass is 10.1. The van der Waals surface area contributed by atoms with Gasteiger partial charge in [-0.05, 0) is 41.8 Å². The summed E-state index contributed by atoms with van der Waals surface area (Å²) < 4.78 is 30.6. The molecule has 0 aliphatic heterocycles. The smallest absolute Gasteiger partial charge is 0.241 e. The fraction of sp³-hybridized carbons (Fsp3) is 0.167. The van der Waals surface area contributed by atoms with Crippen LogP contribution in [-0.4, -0.2) is 18.2 Å². The second kappa shape index (κ2) is 7.51. The van der Waals surface area contributed by atoms with Crippen molar-refractivity contribution in [2.75, 3.05) is 0 Å². The molecule has 0 fully saturated rings. The van der Waals surface area contributed by atoms with Crippen molar-refractivity contribution in [3.05, 3.63) is 82.1 Å². The van der Waals surface area contributed by atoms with Gasteiger partial charge in [-0.2, -0.15) is 5.10 Å². The average Bonchev–Trinajstić information content (AvgIpc) is 3.09. The number of hydrogen-bond donors (Lipinski definition) is 1. The van der Waals surface area contributed by atoms with Gasteiger partial charge in [0.2, 0.25) is 10.0 Å². The van der Waals surface area contributed by atoms with Gasteiger partial charge in [-0.25, -0.2) is 13.1 Å². The number of aryl methyl sites for hydroxylation is 1. The molecule has 3 aromatic rings. The van der Waals surface area contributed by atoms with Crippen molar-refractivity contribution in [3.63, 3.8) is 0 Å². The third-order valence-electron chi connectivity index (χ3n) is 3.90.